The molecule has 17 heavy (non-hydrogen) atoms. The minimum Gasteiger partial charge on any atom is -0.477 e. The molecule has 0 aliphatic carbocycles. The summed E-state index contributed by atoms with van der Waals surface area (Å²) in [6.07, 6.45) is 0. The molecule has 0 aliphatic heterocycles. The van der Waals surface area contributed by atoms with Crippen LogP contribution in [0.15, 0.2) is 5.11 Å². The van der Waals surface area contributed by atoms with Crippen LogP contribution < -0.4 is 4.74 Å². The predicted octanol–water partition coefficient (Wildman–Crippen LogP) is 3.24. The van der Waals surface area contributed by atoms with Crippen LogP contribution >= 0.6 is 23.2 Å². The topological polar surface area (TPSA) is 84.6 Å². The molecule has 0 amide bonds. The van der Waals surface area contributed by atoms with Gasteiger partial charge < -0.3 is 9.47 Å². The van der Waals surface area contributed by atoms with E-state index in [-0.39, 0.29) is 27.3 Å². The summed E-state index contributed by atoms with van der Waals surface area (Å²) in [5.41, 5.74) is 6.71. The van der Waals surface area contributed by atoms with Crippen LogP contribution in [0.2, 0.25) is 10.0 Å². The molecular formula is C9H9Cl2N3O3. The summed E-state index contributed by atoms with van der Waals surface area (Å²) in [4.78, 5) is 15.2. The maximum absolute atomic E-state index is 11.4. The van der Waals surface area contributed by atoms with Crippen LogP contribution in [-0.4, -0.2) is 24.7 Å². The first-order valence-electron chi connectivity index (χ1n) is 4.54. The Labute approximate surface area is 107 Å². The van der Waals surface area contributed by atoms with Gasteiger partial charge in [0.05, 0.1) is 13.7 Å². The fourth-order valence-corrected chi connectivity index (χ4v) is 1.61. The summed E-state index contributed by atoms with van der Waals surface area (Å²) < 4.78 is 9.62. The van der Waals surface area contributed by atoms with E-state index < -0.39 is 5.97 Å². The van der Waals surface area contributed by atoms with Crippen molar-refractivity contribution in [3.05, 3.63) is 15.7 Å². The molecule has 0 aliphatic rings. The molecule has 0 aromatic carbocycles. The van der Waals surface area contributed by atoms with Gasteiger partial charge in [-0.1, -0.05) is 23.2 Å². The summed E-state index contributed by atoms with van der Waals surface area (Å²) in [5.74, 6) is -0.762. The maximum atomic E-state index is 11.4. The van der Waals surface area contributed by atoms with Gasteiger partial charge in [0.1, 0.15) is 15.7 Å². The van der Waals surface area contributed by atoms with E-state index in [1.54, 1.807) is 6.92 Å². The molecule has 1 N–H and O–H groups in total. The highest BCUT2D eigenvalue weighted by Gasteiger charge is 2.23. The summed E-state index contributed by atoms with van der Waals surface area (Å²) >= 11 is 11.7. The first-order chi connectivity index (χ1) is 8.06. The highest BCUT2D eigenvalue weighted by molar-refractivity contribution is 6.40. The zero-order valence-corrected chi connectivity index (χ0v) is 10.6. The van der Waals surface area contributed by atoms with Gasteiger partial charge in [-0.2, -0.15) is 5.11 Å². The fraction of sp³-hybridized carbons (Fsp3) is 0.333. The first kappa shape index (κ1) is 13.7. The number of nitrogens with one attached hydrogen (secondary N) is 1. The lowest BCUT2D eigenvalue weighted by Gasteiger charge is -2.10. The molecule has 0 spiro atoms. The van der Waals surface area contributed by atoms with E-state index in [0.717, 1.165) is 0 Å². The normalized spacial score (nSPS) is 9.88. The van der Waals surface area contributed by atoms with Gasteiger partial charge in [-0.05, 0) is 6.92 Å². The molecule has 0 bridgehead atoms. The highest BCUT2D eigenvalue weighted by Crippen LogP contribution is 2.40. The van der Waals surface area contributed by atoms with E-state index in [9.17, 15) is 4.79 Å². The molecule has 92 valence electrons. The minimum absolute atomic E-state index is 0.00929. The van der Waals surface area contributed by atoms with Crippen molar-refractivity contribution in [3.8, 4) is 5.88 Å². The smallest absolute Gasteiger partial charge is 0.358 e. The summed E-state index contributed by atoms with van der Waals surface area (Å²) in [7, 11) is 1.19. The zero-order valence-electron chi connectivity index (χ0n) is 9.08. The number of esters is 1. The van der Waals surface area contributed by atoms with Crippen molar-refractivity contribution >= 4 is 34.9 Å². The van der Waals surface area contributed by atoms with Gasteiger partial charge in [0, 0.05) is 0 Å². The van der Waals surface area contributed by atoms with E-state index in [1.807, 2.05) is 0 Å². The lowest BCUT2D eigenvalue weighted by atomic mass is 10.3. The number of carbonyl (C=O) groups excluding carboxylic acids is 1. The van der Waals surface area contributed by atoms with Crippen LogP contribution in [0.1, 0.15) is 17.4 Å². The predicted molar refractivity (Wildman–Crippen MR) is 61.6 cm³/mol. The maximum Gasteiger partial charge on any atom is 0.358 e. The van der Waals surface area contributed by atoms with Gasteiger partial charge in [0.2, 0.25) is 5.88 Å². The second-order valence-electron chi connectivity index (χ2n) is 2.78. The first-order valence-corrected chi connectivity index (χ1v) is 5.29. The third kappa shape index (κ3) is 2.65. The van der Waals surface area contributed by atoms with Gasteiger partial charge in [0.15, 0.2) is 5.69 Å². The van der Waals surface area contributed by atoms with Crippen LogP contribution in [0.5, 0.6) is 5.88 Å². The van der Waals surface area contributed by atoms with Crippen molar-refractivity contribution in [3.63, 3.8) is 0 Å². The van der Waals surface area contributed by atoms with Gasteiger partial charge in [-0.15, -0.1) is 0 Å². The number of aromatic nitrogens is 1. The Morgan fingerprint density at radius 1 is 1.47 bits per heavy atom. The molecule has 1 aromatic rings. The summed E-state index contributed by atoms with van der Waals surface area (Å²) in [5, 5.41) is 3.00. The van der Waals surface area contributed by atoms with Gasteiger partial charge in [-0.3, -0.25) is 0 Å². The number of hydrogen-bond acceptors (Lipinski definition) is 6. The number of nitrogens with zero attached hydrogens (tertiary/aromatic N) is 2. The molecule has 0 saturated heterocycles. The number of pyridine rings is 1. The molecule has 0 unspecified atom stereocenters. The van der Waals surface area contributed by atoms with Gasteiger partial charge >= 0.3 is 5.97 Å². The van der Waals surface area contributed by atoms with Crippen molar-refractivity contribution in [2.45, 2.75) is 6.92 Å². The third-order valence-electron chi connectivity index (χ3n) is 1.80. The van der Waals surface area contributed by atoms with Crippen LogP contribution in [0.4, 0.5) is 5.69 Å². The largest absolute Gasteiger partial charge is 0.477 e. The van der Waals surface area contributed by atoms with E-state index >= 15 is 0 Å². The standard InChI is InChI=1S/C9H9Cl2N3O3/c1-3-17-8-5(11)6(14-12)4(10)7(13-8)9(15)16-2/h12H,3H2,1-2H3. The lowest BCUT2D eigenvalue weighted by Crippen LogP contribution is -2.07. The quantitative estimate of drug-likeness (QED) is 0.676. The molecule has 8 heteroatoms. The van der Waals surface area contributed by atoms with Crippen molar-refractivity contribution in [2.75, 3.05) is 13.7 Å². The third-order valence-corrected chi connectivity index (χ3v) is 2.50. The fourth-order valence-electron chi connectivity index (χ4n) is 1.07. The summed E-state index contributed by atoms with van der Waals surface area (Å²) in [6, 6.07) is 0. The van der Waals surface area contributed by atoms with Crippen LogP contribution in [0.3, 0.4) is 0 Å². The number of rotatable bonds is 4. The molecule has 0 atom stereocenters. The Balaban J connectivity index is 3.46. The van der Waals surface area contributed by atoms with Crippen LogP contribution in [0, 0.1) is 5.53 Å². The van der Waals surface area contributed by atoms with Gasteiger partial charge in [-0.25, -0.2) is 15.3 Å². The van der Waals surface area contributed by atoms with Gasteiger partial charge in [0.25, 0.3) is 0 Å². The molecule has 6 nitrogen and oxygen atoms in total. The molecule has 0 fully saturated rings. The van der Waals surface area contributed by atoms with E-state index in [0.29, 0.717) is 6.61 Å². The summed E-state index contributed by atoms with van der Waals surface area (Å²) in [6.45, 7) is 2.02. The monoisotopic (exact) mass is 277 g/mol. The van der Waals surface area contributed by atoms with Crippen LogP contribution in [-0.2, 0) is 4.74 Å². The van der Waals surface area contributed by atoms with E-state index in [1.165, 1.54) is 7.11 Å². The van der Waals surface area contributed by atoms with Crippen LogP contribution in [0.25, 0.3) is 0 Å². The number of halogens is 2. The Bertz CT molecular complexity index is 465. The number of methoxy groups -OCH3 is 1. The zero-order chi connectivity index (χ0) is 13.0. The highest BCUT2D eigenvalue weighted by atomic mass is 35.5. The molecule has 1 aromatic heterocycles. The van der Waals surface area contributed by atoms with E-state index in [4.69, 9.17) is 33.5 Å². The molecule has 0 saturated carbocycles. The van der Waals surface area contributed by atoms with Crippen molar-refractivity contribution in [1.29, 1.82) is 5.53 Å². The number of ether oxygens (including phenoxy) is 2. The second kappa shape index (κ2) is 5.79. The number of carbonyl (C=O) groups is 1. The Kier molecular flexibility index (Phi) is 4.65. The second-order valence-corrected chi connectivity index (χ2v) is 3.53. The molecule has 0 radical (unpaired) electrons. The number of hydrogen-bond donors (Lipinski definition) is 1. The molecular weight excluding hydrogens is 269 g/mol. The van der Waals surface area contributed by atoms with Crippen molar-refractivity contribution in [2.24, 2.45) is 5.11 Å². The van der Waals surface area contributed by atoms with E-state index in [2.05, 4.69) is 14.8 Å². The SMILES string of the molecule is CCOc1nc(C(=O)OC)c(Cl)c(N=N)c1Cl. The minimum atomic E-state index is -0.752. The average Bonchev–Trinajstić information content (AvgIpc) is 2.32. The molecule has 1 heterocycles. The van der Waals surface area contributed by atoms with Crippen molar-refractivity contribution in [1.82, 2.24) is 4.98 Å². The Hall–Kier alpha value is -1.40. The average molecular weight is 278 g/mol. The molecule has 1 rings (SSSR count). The lowest BCUT2D eigenvalue weighted by molar-refractivity contribution is 0.0593. The Morgan fingerprint density at radius 2 is 2.12 bits per heavy atom. The van der Waals surface area contributed by atoms with Crippen molar-refractivity contribution < 1.29 is 14.3 Å². The Morgan fingerprint density at radius 3 is 2.59 bits per heavy atom.